The average Bonchev–Trinajstić information content (AvgIpc) is 2.63. The van der Waals surface area contributed by atoms with Crippen molar-refractivity contribution < 1.29 is 4.74 Å². The highest BCUT2D eigenvalue weighted by Gasteiger charge is 2.45. The van der Waals surface area contributed by atoms with Gasteiger partial charge in [0.2, 0.25) is 0 Å². The van der Waals surface area contributed by atoms with Gasteiger partial charge in [-0.05, 0) is 31.6 Å². The summed E-state index contributed by atoms with van der Waals surface area (Å²) in [7, 11) is 0. The zero-order valence-corrected chi connectivity index (χ0v) is 9.30. The van der Waals surface area contributed by atoms with E-state index in [0.29, 0.717) is 12.6 Å². The van der Waals surface area contributed by atoms with Crippen molar-refractivity contribution in [1.29, 1.82) is 0 Å². The van der Waals surface area contributed by atoms with Crippen molar-refractivity contribution in [3.63, 3.8) is 0 Å². The van der Waals surface area contributed by atoms with Crippen LogP contribution in [0.2, 0.25) is 0 Å². The summed E-state index contributed by atoms with van der Waals surface area (Å²) in [6.07, 6.45) is 9.47. The molecular weight excluding hydrogens is 174 g/mol. The summed E-state index contributed by atoms with van der Waals surface area (Å²) in [6, 6.07) is 0. The monoisotopic (exact) mass is 197 g/mol. The Bertz CT molecular complexity index is 195. The smallest absolute Gasteiger partial charge is 0.0715 e. The second-order valence-electron chi connectivity index (χ2n) is 4.93. The van der Waals surface area contributed by atoms with Crippen molar-refractivity contribution in [3.05, 3.63) is 0 Å². The molecule has 0 amide bonds. The van der Waals surface area contributed by atoms with Crippen LogP contribution in [0.1, 0.15) is 51.9 Å². The van der Waals surface area contributed by atoms with Crippen molar-refractivity contribution in [2.75, 3.05) is 6.54 Å². The second-order valence-corrected chi connectivity index (χ2v) is 4.93. The fourth-order valence-electron chi connectivity index (χ4n) is 3.36. The Labute approximate surface area is 87.2 Å². The normalized spacial score (nSPS) is 43.3. The molecule has 82 valence electrons. The molecule has 0 radical (unpaired) electrons. The van der Waals surface area contributed by atoms with E-state index in [4.69, 9.17) is 10.5 Å². The number of nitrogens with two attached hydrogens (primary N) is 1. The van der Waals surface area contributed by atoms with Crippen LogP contribution in [-0.4, -0.2) is 18.2 Å². The summed E-state index contributed by atoms with van der Waals surface area (Å²) < 4.78 is 6.22. The second kappa shape index (κ2) is 4.19. The van der Waals surface area contributed by atoms with Crippen molar-refractivity contribution >= 4 is 0 Å². The van der Waals surface area contributed by atoms with Gasteiger partial charge in [-0.25, -0.2) is 0 Å². The molecule has 1 saturated carbocycles. The highest BCUT2D eigenvalue weighted by Crippen LogP contribution is 2.46. The first kappa shape index (κ1) is 10.4. The Balaban J connectivity index is 2.05. The van der Waals surface area contributed by atoms with Crippen LogP contribution in [0, 0.1) is 5.92 Å². The number of rotatable bonds is 2. The third-order valence-corrected chi connectivity index (χ3v) is 4.19. The molecule has 2 heteroatoms. The van der Waals surface area contributed by atoms with Gasteiger partial charge in [-0.2, -0.15) is 0 Å². The lowest BCUT2D eigenvalue weighted by molar-refractivity contribution is -0.0983. The highest BCUT2D eigenvalue weighted by molar-refractivity contribution is 4.96. The molecule has 0 bridgehead atoms. The van der Waals surface area contributed by atoms with Gasteiger partial charge in [-0.1, -0.05) is 26.2 Å². The fourth-order valence-corrected chi connectivity index (χ4v) is 3.36. The van der Waals surface area contributed by atoms with Gasteiger partial charge in [-0.15, -0.1) is 0 Å². The van der Waals surface area contributed by atoms with Crippen molar-refractivity contribution in [1.82, 2.24) is 0 Å². The van der Waals surface area contributed by atoms with E-state index in [1.807, 2.05) is 0 Å². The molecule has 1 aliphatic heterocycles. The predicted octanol–water partition coefficient (Wildman–Crippen LogP) is 2.46. The summed E-state index contributed by atoms with van der Waals surface area (Å²) in [4.78, 5) is 0. The van der Waals surface area contributed by atoms with Gasteiger partial charge in [0.15, 0.2) is 0 Å². The number of ether oxygens (including phenoxy) is 1. The van der Waals surface area contributed by atoms with Gasteiger partial charge in [0.05, 0.1) is 11.7 Å². The van der Waals surface area contributed by atoms with Crippen LogP contribution in [0.15, 0.2) is 0 Å². The fraction of sp³-hybridized carbons (Fsp3) is 1.00. The molecule has 2 rings (SSSR count). The van der Waals surface area contributed by atoms with E-state index in [1.165, 1.54) is 44.9 Å². The van der Waals surface area contributed by atoms with Gasteiger partial charge < -0.3 is 10.5 Å². The van der Waals surface area contributed by atoms with Crippen LogP contribution in [0.3, 0.4) is 0 Å². The molecule has 0 aromatic carbocycles. The molecule has 3 atom stereocenters. The maximum Gasteiger partial charge on any atom is 0.0715 e. The largest absolute Gasteiger partial charge is 0.370 e. The third kappa shape index (κ3) is 1.70. The topological polar surface area (TPSA) is 35.2 Å². The summed E-state index contributed by atoms with van der Waals surface area (Å²) in [5.74, 6) is 0.799. The zero-order chi connectivity index (χ0) is 10.0. The molecule has 2 N–H and O–H groups in total. The van der Waals surface area contributed by atoms with Gasteiger partial charge in [-0.3, -0.25) is 0 Å². The highest BCUT2D eigenvalue weighted by atomic mass is 16.5. The Morgan fingerprint density at radius 3 is 2.79 bits per heavy atom. The summed E-state index contributed by atoms with van der Waals surface area (Å²) >= 11 is 0. The summed E-state index contributed by atoms with van der Waals surface area (Å²) in [5.41, 5.74) is 5.92. The Hall–Kier alpha value is -0.0800. The maximum atomic E-state index is 6.22. The van der Waals surface area contributed by atoms with Crippen LogP contribution in [0.4, 0.5) is 0 Å². The lowest BCUT2D eigenvalue weighted by Gasteiger charge is -2.41. The molecule has 0 unspecified atom stereocenters. The zero-order valence-electron chi connectivity index (χ0n) is 9.30. The van der Waals surface area contributed by atoms with Crippen molar-refractivity contribution in [2.45, 2.75) is 63.6 Å². The van der Waals surface area contributed by atoms with E-state index in [9.17, 15) is 0 Å². The van der Waals surface area contributed by atoms with E-state index in [0.717, 1.165) is 5.92 Å². The first-order valence-electron chi connectivity index (χ1n) is 6.18. The van der Waals surface area contributed by atoms with E-state index < -0.39 is 0 Å². The lowest BCUT2D eigenvalue weighted by Crippen LogP contribution is -2.41. The minimum absolute atomic E-state index is 0.233. The van der Waals surface area contributed by atoms with Crippen LogP contribution in [0.25, 0.3) is 0 Å². The third-order valence-electron chi connectivity index (χ3n) is 4.19. The van der Waals surface area contributed by atoms with Crippen LogP contribution < -0.4 is 5.73 Å². The van der Waals surface area contributed by atoms with E-state index in [-0.39, 0.29) is 5.60 Å². The van der Waals surface area contributed by atoms with Crippen LogP contribution >= 0.6 is 0 Å². The molecule has 14 heavy (non-hydrogen) atoms. The summed E-state index contributed by atoms with van der Waals surface area (Å²) in [6.45, 7) is 3.01. The molecule has 0 aromatic rings. The first-order valence-corrected chi connectivity index (χ1v) is 6.18. The average molecular weight is 197 g/mol. The lowest BCUT2D eigenvalue weighted by atomic mass is 9.72. The molecule has 0 aromatic heterocycles. The number of hydrogen-bond acceptors (Lipinski definition) is 2. The Kier molecular flexibility index (Phi) is 3.13. The summed E-state index contributed by atoms with van der Waals surface area (Å²) in [5, 5.41) is 0. The molecule has 1 heterocycles. The van der Waals surface area contributed by atoms with Crippen molar-refractivity contribution in [2.24, 2.45) is 11.7 Å². The standard InChI is InChI=1S/C12H23NO/c1-2-10-5-3-4-7-12(10)8-6-11(9-13)14-12/h10-11H,2-9,13H2,1H3/t10-,11+,12-/m1/s1. The van der Waals surface area contributed by atoms with Crippen LogP contribution in [0.5, 0.6) is 0 Å². The molecule has 2 nitrogen and oxygen atoms in total. The SMILES string of the molecule is CC[C@@H]1CCCC[C@@]12CC[C@@H](CN)O2. The molecule has 1 spiro atoms. The van der Waals surface area contributed by atoms with Gasteiger partial charge in [0.1, 0.15) is 0 Å². The van der Waals surface area contributed by atoms with Gasteiger partial charge in [0.25, 0.3) is 0 Å². The van der Waals surface area contributed by atoms with E-state index in [1.54, 1.807) is 0 Å². The van der Waals surface area contributed by atoms with E-state index >= 15 is 0 Å². The number of hydrogen-bond donors (Lipinski definition) is 1. The molecular formula is C12H23NO. The van der Waals surface area contributed by atoms with Crippen LogP contribution in [-0.2, 0) is 4.74 Å². The quantitative estimate of drug-likeness (QED) is 0.738. The van der Waals surface area contributed by atoms with Crippen molar-refractivity contribution in [3.8, 4) is 0 Å². The van der Waals surface area contributed by atoms with Gasteiger partial charge >= 0.3 is 0 Å². The van der Waals surface area contributed by atoms with Gasteiger partial charge in [0, 0.05) is 6.54 Å². The molecule has 2 fully saturated rings. The predicted molar refractivity (Wildman–Crippen MR) is 58.1 cm³/mol. The maximum absolute atomic E-state index is 6.22. The minimum atomic E-state index is 0.233. The molecule has 2 aliphatic rings. The minimum Gasteiger partial charge on any atom is -0.370 e. The molecule has 1 aliphatic carbocycles. The Morgan fingerprint density at radius 2 is 2.14 bits per heavy atom. The molecule has 1 saturated heterocycles. The first-order chi connectivity index (χ1) is 6.80. The Morgan fingerprint density at radius 1 is 1.29 bits per heavy atom. The van der Waals surface area contributed by atoms with E-state index in [2.05, 4.69) is 6.92 Å².